The first kappa shape index (κ1) is 19.0. The number of carbonyl (C=O) groups is 2. The summed E-state index contributed by atoms with van der Waals surface area (Å²) < 4.78 is 11.0. The van der Waals surface area contributed by atoms with Crippen molar-refractivity contribution >= 4 is 17.5 Å². The number of nitrogens with one attached hydrogen (secondary N) is 2. The molecule has 2 amide bonds. The van der Waals surface area contributed by atoms with Gasteiger partial charge in [-0.15, -0.1) is 0 Å². The Morgan fingerprint density at radius 2 is 1.46 bits per heavy atom. The molecule has 6 nitrogen and oxygen atoms in total. The van der Waals surface area contributed by atoms with Gasteiger partial charge in [-0.25, -0.2) is 0 Å². The van der Waals surface area contributed by atoms with E-state index in [-0.39, 0.29) is 18.4 Å². The summed E-state index contributed by atoms with van der Waals surface area (Å²) >= 11 is 0. The van der Waals surface area contributed by atoms with Gasteiger partial charge in [0.1, 0.15) is 11.5 Å². The van der Waals surface area contributed by atoms with Crippen LogP contribution in [0, 0.1) is 0 Å². The first-order chi connectivity index (χ1) is 13.7. The smallest absolute Gasteiger partial charge is 0.255 e. The lowest BCUT2D eigenvalue weighted by Gasteiger charge is -2.13. The largest absolute Gasteiger partial charge is 0.496 e. The van der Waals surface area contributed by atoms with Crippen LogP contribution in [0.25, 0.3) is 0 Å². The van der Waals surface area contributed by atoms with Crippen LogP contribution in [0.2, 0.25) is 0 Å². The molecule has 0 radical (unpaired) electrons. The van der Waals surface area contributed by atoms with E-state index >= 15 is 0 Å². The van der Waals surface area contributed by atoms with Crippen molar-refractivity contribution in [2.75, 3.05) is 19.0 Å². The Kier molecular flexibility index (Phi) is 6.25. The molecule has 0 spiro atoms. The number of methoxy groups -OCH3 is 1. The summed E-state index contributed by atoms with van der Waals surface area (Å²) in [5, 5.41) is 5.35. The molecule has 0 aliphatic rings. The summed E-state index contributed by atoms with van der Waals surface area (Å²) in [4.78, 5) is 24.6. The standard InChI is InChI=1S/C22H20N2O4/c1-27-19-13-7-5-11-17(19)22(26)23-15-21(25)24-18-12-6-8-14-20(18)28-16-9-3-2-4-10-16/h2-14H,15H2,1H3,(H,23,26)(H,24,25). The summed E-state index contributed by atoms with van der Waals surface area (Å²) in [6.07, 6.45) is 0. The van der Waals surface area contributed by atoms with E-state index in [2.05, 4.69) is 10.6 Å². The minimum atomic E-state index is -0.388. The van der Waals surface area contributed by atoms with Crippen LogP contribution in [0.4, 0.5) is 5.69 Å². The summed E-state index contributed by atoms with van der Waals surface area (Å²) in [5.74, 6) is 0.863. The van der Waals surface area contributed by atoms with Gasteiger partial charge in [-0.2, -0.15) is 0 Å². The molecule has 3 aromatic rings. The molecule has 0 bridgehead atoms. The number of hydrogen-bond donors (Lipinski definition) is 2. The molecule has 0 fully saturated rings. The van der Waals surface area contributed by atoms with E-state index in [9.17, 15) is 9.59 Å². The van der Waals surface area contributed by atoms with E-state index in [1.165, 1.54) is 7.11 Å². The lowest BCUT2D eigenvalue weighted by molar-refractivity contribution is -0.115. The summed E-state index contributed by atoms with van der Waals surface area (Å²) in [6.45, 7) is -0.184. The predicted molar refractivity (Wildman–Crippen MR) is 107 cm³/mol. The maximum atomic E-state index is 12.3. The van der Waals surface area contributed by atoms with E-state index in [1.54, 1.807) is 42.5 Å². The fraction of sp³-hybridized carbons (Fsp3) is 0.0909. The Balaban J connectivity index is 1.62. The van der Waals surface area contributed by atoms with Crippen molar-refractivity contribution in [1.29, 1.82) is 0 Å². The number of carbonyl (C=O) groups excluding carboxylic acids is 2. The van der Waals surface area contributed by atoms with Crippen LogP contribution in [-0.2, 0) is 4.79 Å². The number of anilines is 1. The van der Waals surface area contributed by atoms with Gasteiger partial charge < -0.3 is 20.1 Å². The fourth-order valence-electron chi connectivity index (χ4n) is 2.56. The van der Waals surface area contributed by atoms with Crippen molar-refractivity contribution in [3.63, 3.8) is 0 Å². The number of benzene rings is 3. The van der Waals surface area contributed by atoms with Gasteiger partial charge in [0.25, 0.3) is 5.91 Å². The molecule has 2 N–H and O–H groups in total. The highest BCUT2D eigenvalue weighted by Gasteiger charge is 2.13. The van der Waals surface area contributed by atoms with E-state index in [1.807, 2.05) is 36.4 Å². The van der Waals surface area contributed by atoms with E-state index in [0.717, 1.165) is 0 Å². The second-order valence-electron chi connectivity index (χ2n) is 5.84. The maximum absolute atomic E-state index is 12.3. The Morgan fingerprint density at radius 3 is 2.21 bits per heavy atom. The average Bonchev–Trinajstić information content (AvgIpc) is 2.74. The highest BCUT2D eigenvalue weighted by Crippen LogP contribution is 2.29. The van der Waals surface area contributed by atoms with Crippen LogP contribution in [0.5, 0.6) is 17.2 Å². The zero-order valence-corrected chi connectivity index (χ0v) is 15.3. The fourth-order valence-corrected chi connectivity index (χ4v) is 2.56. The molecule has 0 saturated heterocycles. The van der Waals surface area contributed by atoms with E-state index in [4.69, 9.17) is 9.47 Å². The molecular weight excluding hydrogens is 356 g/mol. The third kappa shape index (κ3) is 4.88. The van der Waals surface area contributed by atoms with Crippen molar-refractivity contribution in [2.45, 2.75) is 0 Å². The van der Waals surface area contributed by atoms with Crippen LogP contribution in [0.1, 0.15) is 10.4 Å². The minimum Gasteiger partial charge on any atom is -0.496 e. The van der Waals surface area contributed by atoms with Gasteiger partial charge in [0.2, 0.25) is 5.91 Å². The average molecular weight is 376 g/mol. The van der Waals surface area contributed by atoms with Gasteiger partial charge in [0, 0.05) is 0 Å². The maximum Gasteiger partial charge on any atom is 0.255 e. The number of rotatable bonds is 7. The molecular formula is C22H20N2O4. The van der Waals surface area contributed by atoms with Gasteiger partial charge in [-0.05, 0) is 36.4 Å². The Hall–Kier alpha value is -3.80. The van der Waals surface area contributed by atoms with Crippen molar-refractivity contribution < 1.29 is 19.1 Å². The molecule has 0 unspecified atom stereocenters. The van der Waals surface area contributed by atoms with Gasteiger partial charge in [0.15, 0.2) is 5.75 Å². The molecule has 0 aliphatic carbocycles. The van der Waals surface area contributed by atoms with Crippen LogP contribution in [0.15, 0.2) is 78.9 Å². The zero-order valence-electron chi connectivity index (χ0n) is 15.3. The van der Waals surface area contributed by atoms with Gasteiger partial charge in [0.05, 0.1) is 24.9 Å². The van der Waals surface area contributed by atoms with Crippen molar-refractivity contribution in [3.8, 4) is 17.2 Å². The SMILES string of the molecule is COc1ccccc1C(=O)NCC(=O)Nc1ccccc1Oc1ccccc1. The lowest BCUT2D eigenvalue weighted by atomic mass is 10.2. The molecule has 28 heavy (non-hydrogen) atoms. The quantitative estimate of drug-likeness (QED) is 0.657. The topological polar surface area (TPSA) is 76.7 Å². The molecule has 0 atom stereocenters. The Labute approximate surface area is 163 Å². The third-order valence-electron chi connectivity index (χ3n) is 3.89. The predicted octanol–water partition coefficient (Wildman–Crippen LogP) is 3.86. The number of ether oxygens (including phenoxy) is 2. The van der Waals surface area contributed by atoms with Crippen molar-refractivity contribution in [1.82, 2.24) is 5.32 Å². The number of hydrogen-bond acceptors (Lipinski definition) is 4. The highest BCUT2D eigenvalue weighted by atomic mass is 16.5. The second kappa shape index (κ2) is 9.23. The number of para-hydroxylation sites is 4. The first-order valence-electron chi connectivity index (χ1n) is 8.70. The van der Waals surface area contributed by atoms with Crippen LogP contribution >= 0.6 is 0 Å². The monoisotopic (exact) mass is 376 g/mol. The van der Waals surface area contributed by atoms with Crippen molar-refractivity contribution in [3.05, 3.63) is 84.4 Å². The van der Waals surface area contributed by atoms with Crippen LogP contribution in [-0.4, -0.2) is 25.5 Å². The molecule has 0 aromatic heterocycles. The van der Waals surface area contributed by atoms with Gasteiger partial charge in [-0.3, -0.25) is 9.59 Å². The summed E-state index contributed by atoms with van der Waals surface area (Å²) in [6, 6.07) is 23.2. The third-order valence-corrected chi connectivity index (χ3v) is 3.89. The lowest BCUT2D eigenvalue weighted by Crippen LogP contribution is -2.33. The second-order valence-corrected chi connectivity index (χ2v) is 5.84. The molecule has 142 valence electrons. The van der Waals surface area contributed by atoms with Crippen LogP contribution in [0.3, 0.4) is 0 Å². The first-order valence-corrected chi connectivity index (χ1v) is 8.70. The summed E-state index contributed by atoms with van der Waals surface area (Å²) in [5.41, 5.74) is 0.883. The molecule has 3 aromatic carbocycles. The van der Waals surface area contributed by atoms with E-state index in [0.29, 0.717) is 28.5 Å². The number of amides is 2. The van der Waals surface area contributed by atoms with Crippen LogP contribution < -0.4 is 20.1 Å². The molecule has 0 aliphatic heterocycles. The zero-order chi connectivity index (χ0) is 19.8. The van der Waals surface area contributed by atoms with E-state index < -0.39 is 0 Å². The van der Waals surface area contributed by atoms with Gasteiger partial charge >= 0.3 is 0 Å². The molecule has 3 rings (SSSR count). The van der Waals surface area contributed by atoms with Gasteiger partial charge in [-0.1, -0.05) is 42.5 Å². The summed E-state index contributed by atoms with van der Waals surface area (Å²) in [7, 11) is 1.49. The molecule has 6 heteroatoms. The minimum absolute atomic E-state index is 0.184. The van der Waals surface area contributed by atoms with Crippen molar-refractivity contribution in [2.24, 2.45) is 0 Å². The highest BCUT2D eigenvalue weighted by molar-refractivity contribution is 6.01. The normalized spacial score (nSPS) is 10.0. The molecule has 0 heterocycles. The Morgan fingerprint density at radius 1 is 0.821 bits per heavy atom. The molecule has 0 saturated carbocycles. The Bertz CT molecular complexity index is 958.